The Balaban J connectivity index is 2.02. The van der Waals surface area contributed by atoms with Gasteiger partial charge in [-0.1, -0.05) is 0 Å². The molecule has 2 rings (SSSR count). The second kappa shape index (κ2) is 9.51. The number of methoxy groups -OCH3 is 2. The fraction of sp³-hybridized carbons (Fsp3) is 1.00. The van der Waals surface area contributed by atoms with Crippen molar-refractivity contribution in [2.45, 2.75) is 48.6 Å². The summed E-state index contributed by atoms with van der Waals surface area (Å²) < 4.78 is 63.8. The van der Waals surface area contributed by atoms with E-state index in [1.807, 2.05) is 0 Å². The molecule has 2 N–H and O–H groups in total. The molecule has 2 aliphatic heterocycles. The summed E-state index contributed by atoms with van der Waals surface area (Å²) in [6, 6.07) is -1.10. The summed E-state index contributed by atoms with van der Waals surface area (Å²) in [5, 5.41) is 9.98. The molecule has 2 fully saturated rings. The van der Waals surface area contributed by atoms with Crippen LogP contribution in [-0.4, -0.2) is 112 Å². The molecule has 0 saturated carbocycles. The van der Waals surface area contributed by atoms with Gasteiger partial charge in [0.15, 0.2) is 0 Å². The minimum absolute atomic E-state index is 0.0523. The van der Waals surface area contributed by atoms with Crippen molar-refractivity contribution >= 4 is 31.5 Å². The predicted molar refractivity (Wildman–Crippen MR) is 97.2 cm³/mol. The number of ether oxygens (including phenoxy) is 4. The minimum atomic E-state index is -4.59. The van der Waals surface area contributed by atoms with Crippen molar-refractivity contribution in [1.82, 2.24) is 0 Å². The fourth-order valence-electron chi connectivity index (χ4n) is 3.22. The van der Waals surface area contributed by atoms with E-state index in [0.29, 0.717) is 0 Å². The Kier molecular flexibility index (Phi) is 7.09. The average molecular weight is 397 g/mol. The van der Waals surface area contributed by atoms with Gasteiger partial charge in [0.05, 0.1) is 31.3 Å². The molecule has 0 radical (unpaired) electrons. The van der Waals surface area contributed by atoms with Gasteiger partial charge in [-0.2, -0.15) is 0 Å². The molecule has 0 bridgehead atoms. The van der Waals surface area contributed by atoms with Crippen molar-refractivity contribution < 1.29 is 47.2 Å². The van der Waals surface area contributed by atoms with Gasteiger partial charge in [0.25, 0.3) is 7.98 Å². The highest BCUT2D eigenvalue weighted by molar-refractivity contribution is 7.47. The van der Waals surface area contributed by atoms with E-state index in [4.69, 9.17) is 35.3 Å². The molecule has 0 aromatic rings. The largest absolute Gasteiger partial charge is 0.472 e. The van der Waals surface area contributed by atoms with E-state index in [1.165, 1.54) is 14.2 Å². The Bertz CT molecular complexity index is 552. The Hall–Kier alpha value is 0.0648. The summed E-state index contributed by atoms with van der Waals surface area (Å²) in [5.74, 6) is 0. The van der Waals surface area contributed by atoms with Crippen LogP contribution in [0.3, 0.4) is 0 Å². The molecule has 2 aliphatic rings. The van der Waals surface area contributed by atoms with Crippen molar-refractivity contribution in [2.24, 2.45) is 0 Å². The average Bonchev–Trinajstić information content (AvgIpc) is 3.03. The van der Waals surface area contributed by atoms with E-state index in [-0.39, 0.29) is 13.2 Å². The molecule has 26 heavy (non-hydrogen) atoms. The molecular formula is C12H26B3O10P. The standard InChI is InChI=1S/C12H26B3O10P/c1-19-3-5-9(10(24-15)12(14)23-5)25-26(17,18)21-4-6-8(20-2)7(16)11(13)22-6/h5-12,16H,3-4,13-15H2,1-2H3,(H,17,18)/t5-,6-,7+,8?,9?,10+,11-,12-/m1/s1/i15TD. The summed E-state index contributed by atoms with van der Waals surface area (Å²) in [5.41, 5.74) is 0. The van der Waals surface area contributed by atoms with Crippen molar-refractivity contribution in [1.29, 1.82) is 2.67 Å². The van der Waals surface area contributed by atoms with Crippen LogP contribution in [0, 0.1) is 0 Å². The molecule has 0 amide bonds. The maximum Gasteiger partial charge on any atom is 0.472 e. The van der Waals surface area contributed by atoms with Crippen LogP contribution in [0.4, 0.5) is 0 Å². The second-order valence-electron chi connectivity index (χ2n) is 6.34. The lowest BCUT2D eigenvalue weighted by molar-refractivity contribution is -0.0445. The quantitative estimate of drug-likeness (QED) is 0.280. The molecule has 0 aromatic heterocycles. The van der Waals surface area contributed by atoms with E-state index in [1.54, 1.807) is 15.7 Å². The second-order valence-corrected chi connectivity index (χ2v) is 7.75. The van der Waals surface area contributed by atoms with Crippen LogP contribution in [0.25, 0.3) is 0 Å². The van der Waals surface area contributed by atoms with Crippen LogP contribution in [0.1, 0.15) is 0 Å². The van der Waals surface area contributed by atoms with Gasteiger partial charge in [-0.05, 0) is 0 Å². The number of phosphoric ester groups is 1. The van der Waals surface area contributed by atoms with Crippen molar-refractivity contribution in [3.05, 3.63) is 0 Å². The topological polar surface area (TPSA) is 122 Å². The molecule has 14 heteroatoms. The molecule has 3 unspecified atom stereocenters. The first-order chi connectivity index (χ1) is 13.1. The van der Waals surface area contributed by atoms with Crippen LogP contribution in [-0.2, 0) is 37.2 Å². The Morgan fingerprint density at radius 3 is 2.46 bits per heavy atom. The molecule has 0 spiro atoms. The number of hydrogen-bond donors (Lipinski definition) is 2. The Labute approximate surface area is 158 Å². The van der Waals surface area contributed by atoms with Gasteiger partial charge in [-0.25, -0.2) is 4.57 Å². The number of aliphatic hydroxyl groups excluding tert-OH is 1. The highest BCUT2D eigenvalue weighted by atomic mass is 31.2. The molecule has 2 heterocycles. The van der Waals surface area contributed by atoms with Gasteiger partial charge in [0, 0.05) is 16.9 Å². The van der Waals surface area contributed by atoms with E-state index in [0.717, 1.165) is 0 Å². The summed E-state index contributed by atoms with van der Waals surface area (Å²) in [6.45, 7) is -0.298. The zero-order valence-electron chi connectivity index (χ0n) is 17.2. The van der Waals surface area contributed by atoms with Crippen molar-refractivity contribution in [3.63, 3.8) is 0 Å². The zero-order chi connectivity index (χ0) is 21.1. The highest BCUT2D eigenvalue weighted by Crippen LogP contribution is 2.48. The van der Waals surface area contributed by atoms with Gasteiger partial charge in [-0.3, -0.25) is 9.05 Å². The number of rotatable bonds is 10. The molecule has 148 valence electrons. The lowest BCUT2D eigenvalue weighted by atomic mass is 9.92. The van der Waals surface area contributed by atoms with E-state index in [9.17, 15) is 14.6 Å². The molecule has 2 saturated heterocycles. The predicted octanol–water partition coefficient (Wildman–Crippen LogP) is -3.84. The van der Waals surface area contributed by atoms with Gasteiger partial charge >= 0.3 is 7.82 Å². The third kappa shape index (κ3) is 5.11. The zero-order valence-corrected chi connectivity index (χ0v) is 16.1. The maximum atomic E-state index is 12.5. The smallest absolute Gasteiger partial charge is 0.437 e. The summed E-state index contributed by atoms with van der Waals surface area (Å²) in [6.07, 6.45) is -5.13. The van der Waals surface area contributed by atoms with Crippen molar-refractivity contribution in [2.75, 3.05) is 27.4 Å². The third-order valence-electron chi connectivity index (χ3n) is 4.53. The maximum absolute atomic E-state index is 12.5. The Morgan fingerprint density at radius 2 is 1.85 bits per heavy atom. The summed E-state index contributed by atoms with van der Waals surface area (Å²) >= 11 is 0. The summed E-state index contributed by atoms with van der Waals surface area (Å²) in [4.78, 5) is 10.2. The SMILES string of the molecule is [2H]B([3H])O[C@H]1C(OP(=O)(O)OC[C@H]2O[C@@H](B)[C@@H](O)C2OC)[C@@H](COC)O[C@H]1B. The van der Waals surface area contributed by atoms with Crippen molar-refractivity contribution in [3.8, 4) is 0 Å². The van der Waals surface area contributed by atoms with Crippen LogP contribution < -0.4 is 0 Å². The summed E-state index contributed by atoms with van der Waals surface area (Å²) in [7, 11) is -0.105. The van der Waals surface area contributed by atoms with E-state index >= 15 is 0 Å². The number of phosphoric acid groups is 1. The van der Waals surface area contributed by atoms with Gasteiger partial charge in [0.2, 0.25) is 0 Å². The first kappa shape index (κ1) is 19.4. The van der Waals surface area contributed by atoms with Gasteiger partial charge in [-0.15, -0.1) is 0 Å². The van der Waals surface area contributed by atoms with Gasteiger partial charge in [0.1, 0.15) is 46.2 Å². The van der Waals surface area contributed by atoms with Gasteiger partial charge < -0.3 is 33.6 Å². The third-order valence-corrected chi connectivity index (χ3v) is 5.52. The Morgan fingerprint density at radius 1 is 1.19 bits per heavy atom. The molecule has 10 nitrogen and oxygen atoms in total. The number of hydrogen-bond acceptors (Lipinski definition) is 9. The van der Waals surface area contributed by atoms with Crippen LogP contribution in [0.5, 0.6) is 0 Å². The minimum Gasteiger partial charge on any atom is -0.437 e. The highest BCUT2D eigenvalue weighted by Gasteiger charge is 2.48. The first-order valence-electron chi connectivity index (χ1n) is 9.41. The van der Waals surface area contributed by atoms with E-state index in [2.05, 4.69) is 0 Å². The normalized spacial score (nSPS) is 43.7. The lowest BCUT2D eigenvalue weighted by Gasteiger charge is -2.26. The van der Waals surface area contributed by atoms with Crippen LogP contribution >= 0.6 is 7.82 Å². The molecule has 9 atom stereocenters. The van der Waals surface area contributed by atoms with E-state index < -0.39 is 64.4 Å². The molecule has 0 aromatic carbocycles. The lowest BCUT2D eigenvalue weighted by Crippen LogP contribution is -2.39. The number of aliphatic hydroxyl groups is 1. The van der Waals surface area contributed by atoms with Crippen LogP contribution in [0.2, 0.25) is 0 Å². The monoisotopic (exact) mass is 397 g/mol. The van der Waals surface area contributed by atoms with Crippen LogP contribution in [0.15, 0.2) is 0 Å². The first-order valence-corrected chi connectivity index (χ1v) is 9.75. The molecular weight excluding hydrogens is 368 g/mol. The molecule has 0 aliphatic carbocycles. The fourth-order valence-corrected chi connectivity index (χ4v) is 4.18.